The third-order valence-electron chi connectivity index (χ3n) is 2.04. The highest BCUT2D eigenvalue weighted by Gasteiger charge is 2.05. The van der Waals surface area contributed by atoms with Gasteiger partial charge in [-0.05, 0) is 13.0 Å². The molecule has 0 unspecified atom stereocenters. The van der Waals surface area contributed by atoms with Crippen molar-refractivity contribution in [1.29, 1.82) is 0 Å². The van der Waals surface area contributed by atoms with Crippen molar-refractivity contribution >= 4 is 11.0 Å². The topological polar surface area (TPSA) is 41.6 Å². The first-order valence-corrected chi connectivity index (χ1v) is 4.49. The molecule has 2 heterocycles. The fourth-order valence-electron chi connectivity index (χ4n) is 1.34. The number of aromatic amines is 1. The van der Waals surface area contributed by atoms with Crippen LogP contribution in [0.1, 0.15) is 32.7 Å². The number of fused-ring (bicyclic) bond motifs is 1. The molecule has 3 heteroatoms. The summed E-state index contributed by atoms with van der Waals surface area (Å²) >= 11 is 0. The second-order valence-electron chi connectivity index (χ2n) is 3.64. The largest absolute Gasteiger partial charge is 0.343 e. The molecule has 3 nitrogen and oxygen atoms in total. The average molecular weight is 177 g/mol. The number of aryl methyl sites for hydroxylation is 1. The van der Waals surface area contributed by atoms with Crippen LogP contribution in [0.25, 0.3) is 11.0 Å². The summed E-state index contributed by atoms with van der Waals surface area (Å²) in [6, 6.07) is 2.06. The van der Waals surface area contributed by atoms with E-state index in [0.29, 0.717) is 5.92 Å². The lowest BCUT2D eigenvalue weighted by molar-refractivity contribution is 0.781. The summed E-state index contributed by atoms with van der Waals surface area (Å²) in [5, 5.41) is 1.09. The van der Waals surface area contributed by atoms with Gasteiger partial charge < -0.3 is 4.98 Å². The van der Waals surface area contributed by atoms with Crippen LogP contribution in [0, 0.1) is 6.92 Å². The summed E-state index contributed by atoms with van der Waals surface area (Å²) in [5.41, 5.74) is 2.07. The van der Waals surface area contributed by atoms with Gasteiger partial charge in [0.1, 0.15) is 11.5 Å². The highest BCUT2D eigenvalue weighted by atomic mass is 14.9. The van der Waals surface area contributed by atoms with Crippen LogP contribution < -0.4 is 0 Å². The minimum atomic E-state index is 0. The SMILES string of the molecule is Cc1cc2cnc(C(C)C)nc2[nH]1.[HH]. The molecule has 2 rings (SSSR count). The highest BCUT2D eigenvalue weighted by Crippen LogP contribution is 2.15. The number of nitrogens with zero attached hydrogens (tertiary/aromatic N) is 2. The first-order chi connectivity index (χ1) is 6.16. The molecule has 0 aromatic carbocycles. The van der Waals surface area contributed by atoms with E-state index in [1.165, 1.54) is 0 Å². The van der Waals surface area contributed by atoms with Crippen molar-refractivity contribution in [2.45, 2.75) is 26.7 Å². The Labute approximate surface area is 78.7 Å². The van der Waals surface area contributed by atoms with E-state index < -0.39 is 0 Å². The normalized spacial score (nSPS) is 11.4. The van der Waals surface area contributed by atoms with Crippen LogP contribution in [0.5, 0.6) is 0 Å². The van der Waals surface area contributed by atoms with Crippen molar-refractivity contribution in [3.63, 3.8) is 0 Å². The second kappa shape index (κ2) is 2.83. The molecule has 0 radical (unpaired) electrons. The molecule has 0 aliphatic rings. The fourth-order valence-corrected chi connectivity index (χ4v) is 1.34. The number of hydrogen-bond donors (Lipinski definition) is 1. The van der Waals surface area contributed by atoms with E-state index in [1.54, 1.807) is 0 Å². The van der Waals surface area contributed by atoms with Crippen LogP contribution in [0.2, 0.25) is 0 Å². The number of H-pyrrole nitrogens is 1. The van der Waals surface area contributed by atoms with E-state index in [4.69, 9.17) is 0 Å². The Hall–Kier alpha value is -1.38. The highest BCUT2D eigenvalue weighted by molar-refractivity contribution is 5.75. The predicted octanol–water partition coefficient (Wildman–Crippen LogP) is 2.64. The zero-order valence-electron chi connectivity index (χ0n) is 8.13. The van der Waals surface area contributed by atoms with E-state index in [2.05, 4.69) is 34.9 Å². The van der Waals surface area contributed by atoms with E-state index in [9.17, 15) is 0 Å². The third kappa shape index (κ3) is 1.41. The molecule has 1 N–H and O–H groups in total. The summed E-state index contributed by atoms with van der Waals surface area (Å²) in [5.74, 6) is 1.28. The minimum absolute atomic E-state index is 0. The summed E-state index contributed by atoms with van der Waals surface area (Å²) < 4.78 is 0. The third-order valence-corrected chi connectivity index (χ3v) is 2.04. The molecule has 0 aliphatic carbocycles. The molecule has 0 saturated heterocycles. The second-order valence-corrected chi connectivity index (χ2v) is 3.64. The fraction of sp³-hybridized carbons (Fsp3) is 0.400. The van der Waals surface area contributed by atoms with Gasteiger partial charge in [-0.3, -0.25) is 0 Å². The Balaban J connectivity index is 0.000000980. The Bertz CT molecular complexity index is 434. The molecule has 2 aromatic heterocycles. The van der Waals surface area contributed by atoms with Crippen LogP contribution in [-0.2, 0) is 0 Å². The van der Waals surface area contributed by atoms with Gasteiger partial charge in [0.15, 0.2) is 0 Å². The molecular weight excluding hydrogens is 162 g/mol. The monoisotopic (exact) mass is 177 g/mol. The van der Waals surface area contributed by atoms with Gasteiger partial charge in [-0.25, -0.2) is 9.97 Å². The quantitative estimate of drug-likeness (QED) is 0.727. The van der Waals surface area contributed by atoms with Gasteiger partial charge in [0, 0.05) is 24.6 Å². The van der Waals surface area contributed by atoms with E-state index >= 15 is 0 Å². The number of nitrogens with one attached hydrogen (secondary N) is 1. The smallest absolute Gasteiger partial charge is 0.141 e. The van der Waals surface area contributed by atoms with Crippen LogP contribution in [0.3, 0.4) is 0 Å². The molecular formula is C10H15N3. The zero-order valence-corrected chi connectivity index (χ0v) is 8.13. The van der Waals surface area contributed by atoms with Gasteiger partial charge in [0.25, 0.3) is 0 Å². The van der Waals surface area contributed by atoms with E-state index in [0.717, 1.165) is 22.6 Å². The molecule has 13 heavy (non-hydrogen) atoms. The molecule has 0 atom stereocenters. The van der Waals surface area contributed by atoms with Crippen LogP contribution in [-0.4, -0.2) is 15.0 Å². The van der Waals surface area contributed by atoms with Crippen LogP contribution in [0.4, 0.5) is 0 Å². The minimum Gasteiger partial charge on any atom is -0.343 e. The lowest BCUT2D eigenvalue weighted by Gasteiger charge is -2.01. The molecule has 2 aromatic rings. The maximum atomic E-state index is 4.43. The maximum Gasteiger partial charge on any atom is 0.141 e. The Morgan fingerprint density at radius 1 is 1.46 bits per heavy atom. The van der Waals surface area contributed by atoms with Crippen LogP contribution >= 0.6 is 0 Å². The zero-order chi connectivity index (χ0) is 9.42. The van der Waals surface area contributed by atoms with Crippen LogP contribution in [0.15, 0.2) is 12.3 Å². The molecule has 0 bridgehead atoms. The number of rotatable bonds is 1. The predicted molar refractivity (Wildman–Crippen MR) is 54.8 cm³/mol. The number of aromatic nitrogens is 3. The summed E-state index contributed by atoms with van der Waals surface area (Å²) in [4.78, 5) is 11.9. The average Bonchev–Trinajstić information content (AvgIpc) is 2.42. The van der Waals surface area contributed by atoms with E-state index in [-0.39, 0.29) is 1.43 Å². The first-order valence-electron chi connectivity index (χ1n) is 4.49. The van der Waals surface area contributed by atoms with Crippen molar-refractivity contribution in [2.24, 2.45) is 0 Å². The molecule has 0 amide bonds. The van der Waals surface area contributed by atoms with Crippen molar-refractivity contribution in [3.8, 4) is 0 Å². The molecule has 0 aliphatic heterocycles. The molecule has 70 valence electrons. The lowest BCUT2D eigenvalue weighted by atomic mass is 10.2. The van der Waals surface area contributed by atoms with Gasteiger partial charge in [-0.1, -0.05) is 13.8 Å². The van der Waals surface area contributed by atoms with Crippen molar-refractivity contribution in [2.75, 3.05) is 0 Å². The summed E-state index contributed by atoms with van der Waals surface area (Å²) in [6.45, 7) is 6.21. The van der Waals surface area contributed by atoms with Crippen molar-refractivity contribution in [3.05, 3.63) is 23.8 Å². The van der Waals surface area contributed by atoms with Gasteiger partial charge in [0.2, 0.25) is 0 Å². The maximum absolute atomic E-state index is 4.43. The Morgan fingerprint density at radius 3 is 2.92 bits per heavy atom. The Kier molecular flexibility index (Phi) is 1.79. The summed E-state index contributed by atoms with van der Waals surface area (Å²) in [7, 11) is 0. The van der Waals surface area contributed by atoms with Crippen molar-refractivity contribution < 1.29 is 1.43 Å². The first kappa shape index (κ1) is 8.23. The summed E-state index contributed by atoms with van der Waals surface area (Å²) in [6.07, 6.45) is 1.88. The lowest BCUT2D eigenvalue weighted by Crippen LogP contribution is -1.96. The van der Waals surface area contributed by atoms with Gasteiger partial charge in [-0.2, -0.15) is 0 Å². The van der Waals surface area contributed by atoms with Gasteiger partial charge >= 0.3 is 0 Å². The standard InChI is InChI=1S/C10H13N3.H2/c1-6(2)9-11-5-8-4-7(3)12-10(8)13-9;/h4-6H,1-3H3,(H,11,12,13);1H. The van der Waals surface area contributed by atoms with Gasteiger partial charge in [-0.15, -0.1) is 0 Å². The van der Waals surface area contributed by atoms with Gasteiger partial charge in [0.05, 0.1) is 0 Å². The molecule has 0 saturated carbocycles. The number of hydrogen-bond acceptors (Lipinski definition) is 2. The Morgan fingerprint density at radius 2 is 2.23 bits per heavy atom. The van der Waals surface area contributed by atoms with E-state index in [1.807, 2.05) is 13.1 Å². The molecule has 0 spiro atoms. The van der Waals surface area contributed by atoms with Crippen molar-refractivity contribution in [1.82, 2.24) is 15.0 Å². The molecule has 0 fully saturated rings.